The van der Waals surface area contributed by atoms with Crippen LogP contribution < -0.4 is 4.74 Å². The third-order valence-electron chi connectivity index (χ3n) is 3.39. The van der Waals surface area contributed by atoms with Gasteiger partial charge in [0.1, 0.15) is 12.4 Å². The van der Waals surface area contributed by atoms with E-state index in [0.717, 1.165) is 16.9 Å². The largest absolute Gasteiger partial charge is 0.489 e. The third-order valence-corrected chi connectivity index (χ3v) is 3.64. The van der Waals surface area contributed by atoms with Crippen LogP contribution in [0, 0.1) is 0 Å². The number of hydrogen-bond acceptors (Lipinski definition) is 4. The molecule has 0 aliphatic carbocycles. The fourth-order valence-electron chi connectivity index (χ4n) is 2.09. The SMILES string of the molecule is CC1=NOC(=O)C1=Cc1ccc(OCc2ccc(Cl)cc2)cc1. The van der Waals surface area contributed by atoms with Crippen LogP contribution in [-0.4, -0.2) is 11.7 Å². The second kappa shape index (κ2) is 6.67. The van der Waals surface area contributed by atoms with Crippen molar-refractivity contribution in [1.29, 1.82) is 0 Å². The summed E-state index contributed by atoms with van der Waals surface area (Å²) in [6.07, 6.45) is 1.75. The first-order valence-corrected chi connectivity index (χ1v) is 7.45. The highest BCUT2D eigenvalue weighted by atomic mass is 35.5. The average Bonchev–Trinajstić information content (AvgIpc) is 2.88. The molecule has 2 aromatic rings. The smallest absolute Gasteiger partial charge is 0.367 e. The summed E-state index contributed by atoms with van der Waals surface area (Å²) in [5.41, 5.74) is 2.98. The number of carbonyl (C=O) groups excluding carboxylic acids is 1. The molecule has 0 unspecified atom stereocenters. The molecule has 0 spiro atoms. The summed E-state index contributed by atoms with van der Waals surface area (Å²) in [7, 11) is 0. The van der Waals surface area contributed by atoms with Crippen LogP contribution in [0.3, 0.4) is 0 Å². The number of halogens is 1. The van der Waals surface area contributed by atoms with E-state index in [1.165, 1.54) is 0 Å². The minimum absolute atomic E-state index is 0.425. The molecule has 0 N–H and O–H groups in total. The van der Waals surface area contributed by atoms with Gasteiger partial charge in [-0.05, 0) is 48.4 Å². The van der Waals surface area contributed by atoms with Crippen molar-refractivity contribution in [2.45, 2.75) is 13.5 Å². The highest BCUT2D eigenvalue weighted by Gasteiger charge is 2.21. The van der Waals surface area contributed by atoms with Gasteiger partial charge >= 0.3 is 5.97 Å². The number of rotatable bonds is 4. The first-order chi connectivity index (χ1) is 11.1. The van der Waals surface area contributed by atoms with Crippen molar-refractivity contribution in [2.24, 2.45) is 5.16 Å². The van der Waals surface area contributed by atoms with Crippen molar-refractivity contribution < 1.29 is 14.4 Å². The van der Waals surface area contributed by atoms with E-state index in [1.54, 1.807) is 13.0 Å². The van der Waals surface area contributed by atoms with E-state index < -0.39 is 5.97 Å². The number of benzene rings is 2. The molecule has 3 rings (SSSR count). The molecule has 0 saturated carbocycles. The molecular formula is C18H14ClNO3. The van der Waals surface area contributed by atoms with Gasteiger partial charge in [-0.25, -0.2) is 4.79 Å². The molecule has 0 amide bonds. The van der Waals surface area contributed by atoms with Crippen molar-refractivity contribution in [3.8, 4) is 5.75 Å². The van der Waals surface area contributed by atoms with Gasteiger partial charge in [-0.2, -0.15) is 0 Å². The molecule has 4 nitrogen and oxygen atoms in total. The van der Waals surface area contributed by atoms with Gasteiger partial charge in [0.05, 0.1) is 11.3 Å². The van der Waals surface area contributed by atoms with Crippen LogP contribution in [0.1, 0.15) is 18.1 Å². The van der Waals surface area contributed by atoms with Gasteiger partial charge in [-0.15, -0.1) is 0 Å². The Hall–Kier alpha value is -2.59. The Morgan fingerprint density at radius 1 is 1.13 bits per heavy atom. The van der Waals surface area contributed by atoms with E-state index in [2.05, 4.69) is 9.99 Å². The maximum Gasteiger partial charge on any atom is 0.367 e. The molecule has 0 atom stereocenters. The van der Waals surface area contributed by atoms with Gasteiger partial charge in [0.15, 0.2) is 0 Å². The Morgan fingerprint density at radius 3 is 2.43 bits per heavy atom. The summed E-state index contributed by atoms with van der Waals surface area (Å²) in [6, 6.07) is 15.0. The van der Waals surface area contributed by atoms with E-state index in [4.69, 9.17) is 16.3 Å². The van der Waals surface area contributed by atoms with Crippen LogP contribution in [0.2, 0.25) is 5.02 Å². The van der Waals surface area contributed by atoms with Crippen LogP contribution in [-0.2, 0) is 16.2 Å². The highest BCUT2D eigenvalue weighted by molar-refractivity contribution is 6.30. The van der Waals surface area contributed by atoms with Crippen LogP contribution >= 0.6 is 11.6 Å². The molecule has 5 heteroatoms. The topological polar surface area (TPSA) is 47.9 Å². The molecule has 2 aromatic carbocycles. The summed E-state index contributed by atoms with van der Waals surface area (Å²) >= 11 is 5.85. The highest BCUT2D eigenvalue weighted by Crippen LogP contribution is 2.19. The van der Waals surface area contributed by atoms with Crippen molar-refractivity contribution in [2.75, 3.05) is 0 Å². The molecule has 0 radical (unpaired) electrons. The molecule has 116 valence electrons. The Kier molecular flexibility index (Phi) is 4.44. The first kappa shape index (κ1) is 15.3. The first-order valence-electron chi connectivity index (χ1n) is 7.07. The molecule has 1 aliphatic rings. The molecule has 0 fully saturated rings. The lowest BCUT2D eigenvalue weighted by molar-refractivity contribution is -0.136. The van der Waals surface area contributed by atoms with Crippen LogP contribution in [0.25, 0.3) is 6.08 Å². The lowest BCUT2D eigenvalue weighted by atomic mass is 10.1. The number of ether oxygens (including phenoxy) is 1. The predicted octanol–water partition coefficient (Wildman–Crippen LogP) is 4.24. The molecular weight excluding hydrogens is 314 g/mol. The number of carbonyl (C=O) groups is 1. The Bertz CT molecular complexity index is 777. The second-order valence-corrected chi connectivity index (χ2v) is 5.53. The number of hydrogen-bond donors (Lipinski definition) is 0. The van der Waals surface area contributed by atoms with Crippen LogP contribution in [0.15, 0.2) is 59.3 Å². The fraction of sp³-hybridized carbons (Fsp3) is 0.111. The van der Waals surface area contributed by atoms with Gasteiger partial charge in [0.25, 0.3) is 0 Å². The summed E-state index contributed by atoms with van der Waals surface area (Å²) in [5.74, 6) is 0.326. The molecule has 1 aliphatic heterocycles. The van der Waals surface area contributed by atoms with E-state index in [9.17, 15) is 4.79 Å². The minimum atomic E-state index is -0.425. The second-order valence-electron chi connectivity index (χ2n) is 5.10. The van der Waals surface area contributed by atoms with Crippen LogP contribution in [0.4, 0.5) is 0 Å². The summed E-state index contributed by atoms with van der Waals surface area (Å²) in [4.78, 5) is 16.1. The van der Waals surface area contributed by atoms with Crippen molar-refractivity contribution in [1.82, 2.24) is 0 Å². The van der Waals surface area contributed by atoms with Gasteiger partial charge in [0.2, 0.25) is 0 Å². The maximum atomic E-state index is 11.5. The average molecular weight is 328 g/mol. The minimum Gasteiger partial charge on any atom is -0.489 e. The lowest BCUT2D eigenvalue weighted by Gasteiger charge is -2.07. The van der Waals surface area contributed by atoms with E-state index in [-0.39, 0.29) is 0 Å². The van der Waals surface area contributed by atoms with Gasteiger partial charge < -0.3 is 9.57 Å². The summed E-state index contributed by atoms with van der Waals surface area (Å²) in [6.45, 7) is 2.20. The fourth-order valence-corrected chi connectivity index (χ4v) is 2.22. The van der Waals surface area contributed by atoms with E-state index in [1.807, 2.05) is 48.5 Å². The van der Waals surface area contributed by atoms with Gasteiger partial charge in [-0.1, -0.05) is 41.0 Å². The Balaban J connectivity index is 1.65. The lowest BCUT2D eigenvalue weighted by Crippen LogP contribution is -2.01. The number of nitrogens with zero attached hydrogens (tertiary/aromatic N) is 1. The summed E-state index contributed by atoms with van der Waals surface area (Å²) in [5, 5.41) is 4.35. The molecule has 23 heavy (non-hydrogen) atoms. The van der Waals surface area contributed by atoms with Gasteiger partial charge in [0, 0.05) is 5.02 Å². The standard InChI is InChI=1S/C18H14ClNO3/c1-12-17(18(21)23-20-12)10-13-4-8-16(9-5-13)22-11-14-2-6-15(19)7-3-14/h2-10H,11H2,1H3. The third kappa shape index (κ3) is 3.79. The van der Waals surface area contributed by atoms with E-state index >= 15 is 0 Å². The number of oxime groups is 1. The zero-order chi connectivity index (χ0) is 16.2. The van der Waals surface area contributed by atoms with Crippen molar-refractivity contribution >= 4 is 29.4 Å². The molecule has 0 aromatic heterocycles. The summed E-state index contributed by atoms with van der Waals surface area (Å²) < 4.78 is 5.72. The normalized spacial score (nSPS) is 15.5. The quantitative estimate of drug-likeness (QED) is 0.623. The molecule has 0 saturated heterocycles. The van der Waals surface area contributed by atoms with Crippen molar-refractivity contribution in [3.63, 3.8) is 0 Å². The Labute approximate surface area is 139 Å². The molecule has 0 bridgehead atoms. The maximum absolute atomic E-state index is 11.5. The van der Waals surface area contributed by atoms with E-state index in [0.29, 0.717) is 22.9 Å². The zero-order valence-electron chi connectivity index (χ0n) is 12.5. The monoisotopic (exact) mass is 327 g/mol. The van der Waals surface area contributed by atoms with Crippen molar-refractivity contribution in [3.05, 3.63) is 70.3 Å². The zero-order valence-corrected chi connectivity index (χ0v) is 13.2. The van der Waals surface area contributed by atoms with Gasteiger partial charge in [-0.3, -0.25) is 0 Å². The predicted molar refractivity (Wildman–Crippen MR) is 89.4 cm³/mol. The van der Waals surface area contributed by atoms with Crippen LogP contribution in [0.5, 0.6) is 5.75 Å². The Morgan fingerprint density at radius 2 is 1.83 bits per heavy atom. The molecule has 1 heterocycles.